The monoisotopic (exact) mass is 361 g/mol. The molecule has 3 N–H and O–H groups in total. The Hall–Kier alpha value is -2.77. The number of aromatic nitrogens is 2. The van der Waals surface area contributed by atoms with E-state index in [1.54, 1.807) is 29.0 Å². The van der Waals surface area contributed by atoms with Gasteiger partial charge >= 0.3 is 0 Å². The summed E-state index contributed by atoms with van der Waals surface area (Å²) in [6.07, 6.45) is 3.04. The average molecular weight is 362 g/mol. The molecule has 0 spiro atoms. The van der Waals surface area contributed by atoms with Crippen LogP contribution in [-0.2, 0) is 6.54 Å². The molecule has 0 amide bonds. The fourth-order valence-corrected chi connectivity index (χ4v) is 2.98. The van der Waals surface area contributed by atoms with E-state index in [4.69, 9.17) is 14.6 Å². The van der Waals surface area contributed by atoms with Crippen molar-refractivity contribution in [2.24, 2.45) is 0 Å². The molecular formula is C17H16ClN3O4. The maximum Gasteiger partial charge on any atom is 0.228 e. The topological polar surface area (TPSA) is 105 Å². The van der Waals surface area contributed by atoms with E-state index in [1.165, 1.54) is 12.4 Å². The van der Waals surface area contributed by atoms with Crippen molar-refractivity contribution < 1.29 is 19.4 Å². The van der Waals surface area contributed by atoms with Crippen LogP contribution in [0.1, 0.15) is 22.8 Å². The van der Waals surface area contributed by atoms with Crippen LogP contribution in [-0.4, -0.2) is 26.4 Å². The second-order valence-corrected chi connectivity index (χ2v) is 5.50. The molecule has 25 heavy (non-hydrogen) atoms. The van der Waals surface area contributed by atoms with Crippen molar-refractivity contribution >= 4 is 12.4 Å². The third kappa shape index (κ3) is 2.77. The van der Waals surface area contributed by atoms with E-state index >= 15 is 0 Å². The van der Waals surface area contributed by atoms with Crippen molar-refractivity contribution in [1.82, 2.24) is 9.55 Å². The summed E-state index contributed by atoms with van der Waals surface area (Å²) in [6.45, 7) is 0.181. The van der Waals surface area contributed by atoms with Crippen molar-refractivity contribution in [2.75, 3.05) is 6.61 Å². The number of nitrogens with one attached hydrogen (secondary N) is 1. The highest BCUT2D eigenvalue weighted by atomic mass is 35.5. The summed E-state index contributed by atoms with van der Waals surface area (Å²) in [5.74, 6) is 1.16. The lowest BCUT2D eigenvalue weighted by Gasteiger charge is -2.27. The molecule has 1 atom stereocenters. The molecular weight excluding hydrogens is 346 g/mol. The van der Waals surface area contributed by atoms with E-state index in [2.05, 4.69) is 4.98 Å². The lowest BCUT2D eigenvalue weighted by Crippen LogP contribution is -2.30. The number of hydrogen-bond donors (Lipinski definition) is 3. The Morgan fingerprint density at radius 2 is 2.12 bits per heavy atom. The van der Waals surface area contributed by atoms with Crippen LogP contribution in [0.25, 0.3) is 0 Å². The van der Waals surface area contributed by atoms with Crippen molar-refractivity contribution in [1.29, 1.82) is 5.41 Å². The average Bonchev–Trinajstić information content (AvgIpc) is 3.10. The summed E-state index contributed by atoms with van der Waals surface area (Å²) in [7, 11) is 0. The number of furan rings is 1. The molecule has 1 aliphatic heterocycles. The standard InChI is InChI=1S/C17H15N3O4.ClH/c18-16-15-14(12-2-1-7-23-12)11-4-3-10(22)8-13(11)24-17(15)19-9-20(16)5-6-21;/h1-4,7-9,14,18,21-22H,5-6H2;1H. The molecule has 1 unspecified atom stereocenters. The van der Waals surface area contributed by atoms with Gasteiger partial charge in [-0.15, -0.1) is 12.4 Å². The molecule has 4 rings (SSSR count). The maximum absolute atomic E-state index is 9.73. The molecule has 7 nitrogen and oxygen atoms in total. The molecule has 0 fully saturated rings. The third-order valence-corrected chi connectivity index (χ3v) is 4.06. The van der Waals surface area contributed by atoms with Crippen molar-refractivity contribution in [3.63, 3.8) is 0 Å². The van der Waals surface area contributed by atoms with Crippen LogP contribution in [0.4, 0.5) is 0 Å². The maximum atomic E-state index is 9.73. The van der Waals surface area contributed by atoms with Crippen LogP contribution < -0.4 is 10.2 Å². The van der Waals surface area contributed by atoms with E-state index in [1.807, 2.05) is 6.07 Å². The first-order chi connectivity index (χ1) is 11.7. The molecule has 0 bridgehead atoms. The SMILES string of the molecule is Cl.N=c1c2c(ncn1CCO)Oc1cc(O)ccc1C2c1ccco1. The molecule has 130 valence electrons. The van der Waals surface area contributed by atoms with Crippen molar-refractivity contribution in [3.8, 4) is 17.4 Å². The zero-order chi connectivity index (χ0) is 16.7. The molecule has 3 aromatic rings. The predicted octanol–water partition coefficient (Wildman–Crippen LogP) is 2.36. The van der Waals surface area contributed by atoms with Gasteiger partial charge in [0.1, 0.15) is 29.1 Å². The summed E-state index contributed by atoms with van der Waals surface area (Å²) in [5.41, 5.74) is 1.56. The summed E-state index contributed by atoms with van der Waals surface area (Å²) in [5, 5.41) is 27.4. The minimum Gasteiger partial charge on any atom is -0.508 e. The highest BCUT2D eigenvalue weighted by Gasteiger charge is 2.33. The van der Waals surface area contributed by atoms with Gasteiger partial charge in [0.25, 0.3) is 0 Å². The number of hydrogen-bond acceptors (Lipinski definition) is 6. The minimum absolute atomic E-state index is 0. The minimum atomic E-state index is -0.370. The molecule has 8 heteroatoms. The second-order valence-electron chi connectivity index (χ2n) is 5.50. The number of nitrogens with zero attached hydrogens (tertiary/aromatic N) is 2. The zero-order valence-electron chi connectivity index (χ0n) is 13.0. The molecule has 1 aromatic carbocycles. The molecule has 1 aliphatic rings. The Morgan fingerprint density at radius 3 is 2.84 bits per heavy atom. The number of aliphatic hydroxyl groups excluding tert-OH is 1. The van der Waals surface area contributed by atoms with Gasteiger partial charge in [-0.25, -0.2) is 4.98 Å². The van der Waals surface area contributed by atoms with Crippen LogP contribution in [0.5, 0.6) is 17.4 Å². The van der Waals surface area contributed by atoms with Gasteiger partial charge in [-0.2, -0.15) is 0 Å². The summed E-state index contributed by atoms with van der Waals surface area (Å²) < 4.78 is 12.9. The highest BCUT2D eigenvalue weighted by molar-refractivity contribution is 5.85. The highest BCUT2D eigenvalue weighted by Crippen LogP contribution is 2.45. The first kappa shape index (κ1) is 17.1. The number of phenolic OH excluding ortho intramolecular Hbond substituents is 1. The number of fused-ring (bicyclic) bond motifs is 2. The van der Waals surface area contributed by atoms with Crippen molar-refractivity contribution in [2.45, 2.75) is 12.5 Å². The van der Waals surface area contributed by atoms with Gasteiger partial charge in [0.15, 0.2) is 0 Å². The Bertz CT molecular complexity index is 953. The molecule has 3 heterocycles. The van der Waals surface area contributed by atoms with E-state index in [0.717, 1.165) is 5.56 Å². The van der Waals surface area contributed by atoms with Gasteiger partial charge in [-0.3, -0.25) is 5.41 Å². The normalized spacial score (nSPS) is 14.8. The first-order valence-electron chi connectivity index (χ1n) is 7.48. The van der Waals surface area contributed by atoms with Gasteiger partial charge in [0.05, 0.1) is 24.4 Å². The summed E-state index contributed by atoms with van der Waals surface area (Å²) in [6, 6.07) is 8.47. The predicted molar refractivity (Wildman–Crippen MR) is 90.2 cm³/mol. The number of benzene rings is 1. The second kappa shape index (κ2) is 6.62. The van der Waals surface area contributed by atoms with E-state index < -0.39 is 0 Å². The van der Waals surface area contributed by atoms with Gasteiger partial charge in [0.2, 0.25) is 5.88 Å². The van der Waals surface area contributed by atoms with E-state index in [9.17, 15) is 10.2 Å². The molecule has 0 radical (unpaired) electrons. The van der Waals surface area contributed by atoms with E-state index in [-0.39, 0.29) is 42.7 Å². The quantitative estimate of drug-likeness (QED) is 0.519. The van der Waals surface area contributed by atoms with Gasteiger partial charge < -0.3 is 23.9 Å². The lowest BCUT2D eigenvalue weighted by atomic mass is 9.87. The van der Waals surface area contributed by atoms with Gasteiger partial charge in [-0.05, 0) is 18.2 Å². The van der Waals surface area contributed by atoms with Crippen LogP contribution in [0.3, 0.4) is 0 Å². The third-order valence-electron chi connectivity index (χ3n) is 4.06. The van der Waals surface area contributed by atoms with Crippen LogP contribution >= 0.6 is 12.4 Å². The fourth-order valence-electron chi connectivity index (χ4n) is 2.98. The Labute approximate surface area is 149 Å². The van der Waals surface area contributed by atoms with Crippen LogP contribution in [0.2, 0.25) is 0 Å². The fraction of sp³-hybridized carbons (Fsp3) is 0.176. The largest absolute Gasteiger partial charge is 0.508 e. The summed E-state index contributed by atoms with van der Waals surface area (Å²) in [4.78, 5) is 4.27. The lowest BCUT2D eigenvalue weighted by molar-refractivity contribution is 0.271. The number of halogens is 1. The van der Waals surface area contributed by atoms with Crippen LogP contribution in [0.15, 0.2) is 47.3 Å². The van der Waals surface area contributed by atoms with E-state index in [0.29, 0.717) is 23.0 Å². The summed E-state index contributed by atoms with van der Waals surface area (Å²) >= 11 is 0. The zero-order valence-corrected chi connectivity index (χ0v) is 13.9. The smallest absolute Gasteiger partial charge is 0.228 e. The first-order valence-corrected chi connectivity index (χ1v) is 7.48. The Balaban J connectivity index is 0.00000182. The Kier molecular flexibility index (Phi) is 4.52. The van der Waals surface area contributed by atoms with Crippen molar-refractivity contribution in [3.05, 3.63) is 65.3 Å². The molecule has 0 aliphatic carbocycles. The number of aliphatic hydroxyl groups is 1. The molecule has 0 saturated carbocycles. The number of ether oxygens (including phenoxy) is 1. The number of phenols is 1. The van der Waals surface area contributed by atoms with Gasteiger partial charge in [0, 0.05) is 18.2 Å². The number of aromatic hydroxyl groups is 1. The van der Waals surface area contributed by atoms with Gasteiger partial charge in [-0.1, -0.05) is 6.07 Å². The Morgan fingerprint density at radius 1 is 1.28 bits per heavy atom. The number of rotatable bonds is 3. The van der Waals surface area contributed by atoms with Crippen LogP contribution in [0, 0.1) is 5.41 Å². The molecule has 2 aromatic heterocycles. The molecule has 0 saturated heterocycles.